The van der Waals surface area contributed by atoms with Crippen molar-refractivity contribution in [2.75, 3.05) is 13.2 Å². The summed E-state index contributed by atoms with van der Waals surface area (Å²) < 4.78 is 78.4. The van der Waals surface area contributed by atoms with Gasteiger partial charge in [-0.2, -0.15) is 13.2 Å². The van der Waals surface area contributed by atoms with Gasteiger partial charge in [0.15, 0.2) is 11.5 Å². The Kier molecular flexibility index (Phi) is 6.84. The van der Waals surface area contributed by atoms with E-state index in [1.807, 2.05) is 5.32 Å². The highest BCUT2D eigenvalue weighted by Crippen LogP contribution is 2.47. The van der Waals surface area contributed by atoms with Gasteiger partial charge in [-0.3, -0.25) is 14.4 Å². The molecule has 4 aromatic rings. The van der Waals surface area contributed by atoms with Gasteiger partial charge in [0.2, 0.25) is 11.5 Å². The van der Waals surface area contributed by atoms with Gasteiger partial charge in [0.1, 0.15) is 35.0 Å². The van der Waals surface area contributed by atoms with E-state index in [0.29, 0.717) is 6.07 Å². The summed E-state index contributed by atoms with van der Waals surface area (Å²) in [5.41, 5.74) is 2.72. The summed E-state index contributed by atoms with van der Waals surface area (Å²) in [4.78, 5) is 44.3. The quantitative estimate of drug-likeness (QED) is 0.234. The molecule has 0 fully saturated rings. The second kappa shape index (κ2) is 10.0. The lowest BCUT2D eigenvalue weighted by molar-refractivity contribution is -0.265. The average molecular weight is 604 g/mol. The first-order valence-corrected chi connectivity index (χ1v) is 12.3. The fourth-order valence-electron chi connectivity index (χ4n) is 4.55. The Bertz CT molecular complexity index is 1810. The number of nitrogens with one attached hydrogen (secondary N) is 1. The zero-order valence-electron chi connectivity index (χ0n) is 22.0. The predicted molar refractivity (Wildman–Crippen MR) is 138 cm³/mol. The van der Waals surface area contributed by atoms with Crippen LogP contribution in [0.4, 0.5) is 22.0 Å². The summed E-state index contributed by atoms with van der Waals surface area (Å²) in [5.74, 6) is -4.98. The van der Waals surface area contributed by atoms with Gasteiger partial charge in [-0.15, -0.1) is 0 Å². The molecule has 5 rings (SSSR count). The van der Waals surface area contributed by atoms with Gasteiger partial charge in [-0.1, -0.05) is 0 Å². The smallest absolute Gasteiger partial charge is 0.424 e. The van der Waals surface area contributed by atoms with Crippen LogP contribution in [0.25, 0.3) is 16.9 Å². The number of pyridine rings is 2. The van der Waals surface area contributed by atoms with E-state index in [-0.39, 0.29) is 40.5 Å². The summed E-state index contributed by atoms with van der Waals surface area (Å²) >= 11 is 0. The van der Waals surface area contributed by atoms with Crippen LogP contribution in [0.2, 0.25) is 0 Å². The Balaban J connectivity index is 1.57. The lowest BCUT2D eigenvalue weighted by atomic mass is 9.81. The van der Waals surface area contributed by atoms with Gasteiger partial charge in [-0.25, -0.2) is 18.7 Å². The van der Waals surface area contributed by atoms with Crippen molar-refractivity contribution in [1.82, 2.24) is 19.7 Å². The molecule has 2 atom stereocenters. The Labute approximate surface area is 238 Å². The SMILES string of the molecule is C[C@]1(C(N)=O)COc2c1cc(C(O)(CNC(=O)c1cc(F)c3nc(C(N)=O)cn3c1)C(F)(F)F)nc2-c1ccc(F)cc1. The van der Waals surface area contributed by atoms with Gasteiger partial charge < -0.3 is 31.0 Å². The number of ether oxygens (including phenoxy) is 1. The zero-order chi connectivity index (χ0) is 31.5. The predicted octanol–water partition coefficient (Wildman–Crippen LogP) is 2.09. The molecule has 1 aliphatic heterocycles. The Morgan fingerprint density at radius 3 is 2.37 bits per heavy atom. The van der Waals surface area contributed by atoms with E-state index < -0.39 is 64.4 Å². The van der Waals surface area contributed by atoms with E-state index in [0.717, 1.165) is 35.0 Å². The number of primary amides is 2. The number of hydrogen-bond acceptors (Lipinski definition) is 7. The maximum absolute atomic E-state index is 14.6. The summed E-state index contributed by atoms with van der Waals surface area (Å²) in [6.07, 6.45) is -3.44. The molecule has 1 aromatic carbocycles. The molecule has 43 heavy (non-hydrogen) atoms. The normalized spacial score (nSPS) is 17.7. The fourth-order valence-corrected chi connectivity index (χ4v) is 4.55. The molecule has 3 amide bonds. The molecule has 0 bridgehead atoms. The first-order chi connectivity index (χ1) is 20.0. The molecule has 3 aromatic heterocycles. The second-order valence-corrected chi connectivity index (χ2v) is 10.1. The summed E-state index contributed by atoms with van der Waals surface area (Å²) in [5, 5.41) is 13.0. The maximum Gasteiger partial charge on any atom is 0.424 e. The number of carbonyl (C=O) groups is 3. The molecule has 0 saturated carbocycles. The Morgan fingerprint density at radius 1 is 1.09 bits per heavy atom. The zero-order valence-corrected chi connectivity index (χ0v) is 22.0. The number of aromatic nitrogens is 3. The number of benzene rings is 1. The molecule has 1 aliphatic rings. The number of fused-ring (bicyclic) bond motifs is 2. The third kappa shape index (κ3) is 4.88. The minimum Gasteiger partial charge on any atom is -0.489 e. The van der Waals surface area contributed by atoms with Gasteiger partial charge in [0.25, 0.3) is 11.8 Å². The number of alkyl halides is 3. The standard InChI is InChI=1S/C27H21F5N6O5/c1-25(24(34)41)11-43-20-15(25)7-18(37-19(20)12-2-4-14(28)5-3-12)26(42,27(30,31)32)10-35-23(40)13-6-16(29)22-36-17(21(33)39)9-38(22)8-13/h2-9,42H,10-11H2,1H3,(H2,33,39)(H2,34,41)(H,35,40)/t25-,26?/m0/s1. The third-order valence-corrected chi connectivity index (χ3v) is 7.15. The molecule has 1 unspecified atom stereocenters. The molecule has 0 radical (unpaired) electrons. The van der Waals surface area contributed by atoms with Gasteiger partial charge in [0, 0.05) is 23.5 Å². The summed E-state index contributed by atoms with van der Waals surface area (Å²) in [7, 11) is 0. The molecule has 11 nitrogen and oxygen atoms in total. The number of nitrogens with zero attached hydrogens (tertiary/aromatic N) is 3. The number of amides is 3. The lowest BCUT2D eigenvalue weighted by Gasteiger charge is -2.31. The van der Waals surface area contributed by atoms with Crippen molar-refractivity contribution < 1.29 is 46.2 Å². The van der Waals surface area contributed by atoms with Crippen molar-refractivity contribution in [1.29, 1.82) is 0 Å². The van der Waals surface area contributed by atoms with E-state index in [1.165, 1.54) is 19.1 Å². The van der Waals surface area contributed by atoms with Crippen molar-refractivity contribution in [3.05, 3.63) is 82.9 Å². The van der Waals surface area contributed by atoms with Crippen molar-refractivity contribution in [3.8, 4) is 17.0 Å². The van der Waals surface area contributed by atoms with Gasteiger partial charge in [-0.05, 0) is 43.3 Å². The van der Waals surface area contributed by atoms with Crippen LogP contribution < -0.4 is 21.5 Å². The van der Waals surface area contributed by atoms with Crippen LogP contribution in [0.15, 0.2) is 48.8 Å². The molecular weight excluding hydrogens is 583 g/mol. The lowest BCUT2D eigenvalue weighted by Crippen LogP contribution is -2.51. The molecule has 0 spiro atoms. The molecular formula is C27H21F5N6O5. The van der Waals surface area contributed by atoms with Crippen LogP contribution in [0.5, 0.6) is 5.75 Å². The molecule has 4 heterocycles. The van der Waals surface area contributed by atoms with Crippen LogP contribution in [-0.2, 0) is 15.8 Å². The summed E-state index contributed by atoms with van der Waals surface area (Å²) in [6.45, 7) is -0.523. The van der Waals surface area contributed by atoms with Gasteiger partial charge >= 0.3 is 6.18 Å². The van der Waals surface area contributed by atoms with Crippen LogP contribution in [-0.4, -0.2) is 56.5 Å². The fraction of sp³-hybridized carbons (Fsp3) is 0.222. The first kappa shape index (κ1) is 29.4. The molecule has 224 valence electrons. The van der Waals surface area contributed by atoms with E-state index >= 15 is 0 Å². The largest absolute Gasteiger partial charge is 0.489 e. The Hall–Kier alpha value is -5.12. The molecule has 0 aliphatic carbocycles. The number of nitrogens with two attached hydrogens (primary N) is 2. The third-order valence-electron chi connectivity index (χ3n) is 7.15. The number of aliphatic hydroxyl groups is 1. The van der Waals surface area contributed by atoms with Gasteiger partial charge in [0.05, 0.1) is 17.8 Å². The highest BCUT2D eigenvalue weighted by atomic mass is 19.4. The number of rotatable bonds is 7. The minimum absolute atomic E-state index is 0.0929. The highest BCUT2D eigenvalue weighted by molar-refractivity contribution is 5.95. The van der Waals surface area contributed by atoms with Crippen molar-refractivity contribution in [2.45, 2.75) is 24.1 Å². The Morgan fingerprint density at radius 2 is 1.77 bits per heavy atom. The molecule has 0 saturated heterocycles. The second-order valence-electron chi connectivity index (χ2n) is 10.1. The monoisotopic (exact) mass is 604 g/mol. The van der Waals surface area contributed by atoms with Crippen molar-refractivity contribution >= 4 is 23.4 Å². The maximum atomic E-state index is 14.6. The van der Waals surface area contributed by atoms with E-state index in [2.05, 4.69) is 9.97 Å². The highest BCUT2D eigenvalue weighted by Gasteiger charge is 2.57. The van der Waals surface area contributed by atoms with Crippen LogP contribution >= 0.6 is 0 Å². The topological polar surface area (TPSA) is 175 Å². The average Bonchev–Trinajstić information content (AvgIpc) is 3.54. The van der Waals surface area contributed by atoms with Crippen molar-refractivity contribution in [3.63, 3.8) is 0 Å². The van der Waals surface area contributed by atoms with E-state index in [9.17, 15) is 41.4 Å². The number of imidazole rings is 1. The minimum atomic E-state index is -5.46. The van der Waals surface area contributed by atoms with E-state index in [1.54, 1.807) is 0 Å². The molecule has 6 N–H and O–H groups in total. The van der Waals surface area contributed by atoms with Crippen LogP contribution in [0.3, 0.4) is 0 Å². The molecule has 16 heteroatoms. The number of halogens is 5. The van der Waals surface area contributed by atoms with E-state index in [4.69, 9.17) is 16.2 Å². The summed E-state index contributed by atoms with van der Waals surface area (Å²) in [6, 6.07) is 5.95. The van der Waals surface area contributed by atoms with Crippen LogP contribution in [0, 0.1) is 11.6 Å². The first-order valence-electron chi connectivity index (χ1n) is 12.3. The van der Waals surface area contributed by atoms with Crippen LogP contribution in [0.1, 0.15) is 39.0 Å². The van der Waals surface area contributed by atoms with Crippen molar-refractivity contribution in [2.24, 2.45) is 11.5 Å². The number of carbonyl (C=O) groups excluding carboxylic acids is 3. The number of hydrogen-bond donors (Lipinski definition) is 4.